The van der Waals surface area contributed by atoms with E-state index < -0.39 is 6.03 Å². The molecule has 0 bridgehead atoms. The van der Waals surface area contributed by atoms with Crippen LogP contribution in [-0.2, 0) is 0 Å². The van der Waals surface area contributed by atoms with Crippen LogP contribution in [-0.4, -0.2) is 11.9 Å². The van der Waals surface area contributed by atoms with Gasteiger partial charge in [0.1, 0.15) is 0 Å². The molecule has 1 unspecified atom stereocenters. The van der Waals surface area contributed by atoms with Crippen LogP contribution in [0.5, 0.6) is 0 Å². The summed E-state index contributed by atoms with van der Waals surface area (Å²) in [4.78, 5) is 23.3. The molecule has 0 aliphatic heterocycles. The highest BCUT2D eigenvalue weighted by Gasteiger charge is 2.13. The van der Waals surface area contributed by atoms with Gasteiger partial charge in [0.15, 0.2) is 0 Å². The van der Waals surface area contributed by atoms with Gasteiger partial charge in [-0.3, -0.25) is 4.79 Å². The largest absolute Gasteiger partial charge is 0.351 e. The minimum atomic E-state index is -0.637. The van der Waals surface area contributed by atoms with Crippen LogP contribution in [0.1, 0.15) is 28.9 Å². The number of hydrogen-bond donors (Lipinski definition) is 3. The van der Waals surface area contributed by atoms with E-state index in [1.807, 2.05) is 31.2 Å². The van der Waals surface area contributed by atoms with E-state index in [2.05, 4.69) is 28.8 Å². The minimum Gasteiger partial charge on any atom is -0.351 e. The fourth-order valence-electron chi connectivity index (χ4n) is 2.83. The molecule has 5 heteroatoms. The first-order valence-electron chi connectivity index (χ1n) is 7.99. The van der Waals surface area contributed by atoms with Crippen molar-refractivity contribution in [1.29, 1.82) is 0 Å². The SMILES string of the molecule is CC(NC(=O)c1ccc(NC(N)=O)cc1)c1cccc2ccccc12. The zero-order valence-electron chi connectivity index (χ0n) is 13.8. The van der Waals surface area contributed by atoms with Crippen LogP contribution < -0.4 is 16.4 Å². The predicted molar refractivity (Wildman–Crippen MR) is 99.5 cm³/mol. The number of benzene rings is 3. The van der Waals surface area contributed by atoms with Crippen molar-refractivity contribution >= 4 is 28.4 Å². The highest BCUT2D eigenvalue weighted by atomic mass is 16.2. The maximum absolute atomic E-state index is 12.5. The first-order chi connectivity index (χ1) is 12.0. The maximum atomic E-state index is 12.5. The van der Waals surface area contributed by atoms with Gasteiger partial charge in [-0.15, -0.1) is 0 Å². The number of primary amides is 1. The quantitative estimate of drug-likeness (QED) is 0.678. The minimum absolute atomic E-state index is 0.137. The smallest absolute Gasteiger partial charge is 0.316 e. The molecule has 0 spiro atoms. The summed E-state index contributed by atoms with van der Waals surface area (Å²) in [5.74, 6) is -0.175. The number of carbonyl (C=O) groups is 2. The van der Waals surface area contributed by atoms with E-state index in [0.717, 1.165) is 16.3 Å². The Kier molecular flexibility index (Phi) is 4.66. The van der Waals surface area contributed by atoms with E-state index in [-0.39, 0.29) is 11.9 Å². The van der Waals surface area contributed by atoms with E-state index in [1.165, 1.54) is 0 Å². The van der Waals surface area contributed by atoms with Crippen molar-refractivity contribution in [2.24, 2.45) is 5.73 Å². The molecule has 3 aromatic carbocycles. The van der Waals surface area contributed by atoms with Crippen molar-refractivity contribution in [2.45, 2.75) is 13.0 Å². The molecule has 0 fully saturated rings. The first-order valence-corrected chi connectivity index (χ1v) is 7.99. The zero-order valence-corrected chi connectivity index (χ0v) is 13.8. The lowest BCUT2D eigenvalue weighted by Crippen LogP contribution is -2.26. The molecule has 0 heterocycles. The highest BCUT2D eigenvalue weighted by Crippen LogP contribution is 2.24. The number of nitrogens with one attached hydrogen (secondary N) is 2. The van der Waals surface area contributed by atoms with Crippen LogP contribution in [0.3, 0.4) is 0 Å². The fraction of sp³-hybridized carbons (Fsp3) is 0.100. The Morgan fingerprint density at radius 2 is 1.60 bits per heavy atom. The molecular formula is C20H19N3O2. The number of urea groups is 1. The molecule has 0 aliphatic carbocycles. The van der Waals surface area contributed by atoms with Gasteiger partial charge in [-0.25, -0.2) is 4.79 Å². The number of hydrogen-bond acceptors (Lipinski definition) is 2. The van der Waals surface area contributed by atoms with Crippen LogP contribution in [0.4, 0.5) is 10.5 Å². The zero-order chi connectivity index (χ0) is 17.8. The first kappa shape index (κ1) is 16.5. The van der Waals surface area contributed by atoms with Gasteiger partial charge >= 0.3 is 6.03 Å². The van der Waals surface area contributed by atoms with E-state index in [9.17, 15) is 9.59 Å². The van der Waals surface area contributed by atoms with Crippen LogP contribution in [0.2, 0.25) is 0 Å². The summed E-state index contributed by atoms with van der Waals surface area (Å²) in [6.07, 6.45) is 0. The summed E-state index contributed by atoms with van der Waals surface area (Å²) in [5, 5.41) is 7.74. The number of anilines is 1. The Morgan fingerprint density at radius 3 is 2.32 bits per heavy atom. The van der Waals surface area contributed by atoms with Gasteiger partial charge in [0.2, 0.25) is 0 Å². The van der Waals surface area contributed by atoms with Gasteiger partial charge in [0, 0.05) is 11.3 Å². The van der Waals surface area contributed by atoms with Gasteiger partial charge in [0.05, 0.1) is 6.04 Å². The topological polar surface area (TPSA) is 84.2 Å². The second-order valence-electron chi connectivity index (χ2n) is 5.83. The summed E-state index contributed by atoms with van der Waals surface area (Å²) in [5.41, 5.74) is 7.20. The number of rotatable bonds is 4. The lowest BCUT2D eigenvalue weighted by atomic mass is 9.99. The monoisotopic (exact) mass is 333 g/mol. The van der Waals surface area contributed by atoms with E-state index >= 15 is 0 Å². The molecule has 0 saturated heterocycles. The molecule has 0 aromatic heterocycles. The Bertz CT molecular complexity index is 914. The molecule has 25 heavy (non-hydrogen) atoms. The average Bonchev–Trinajstić information content (AvgIpc) is 2.61. The second kappa shape index (κ2) is 7.05. The van der Waals surface area contributed by atoms with Crippen LogP contribution in [0.15, 0.2) is 66.7 Å². The third-order valence-electron chi connectivity index (χ3n) is 4.05. The Hall–Kier alpha value is -3.34. The summed E-state index contributed by atoms with van der Waals surface area (Å²) in [6, 6.07) is 20.0. The summed E-state index contributed by atoms with van der Waals surface area (Å²) < 4.78 is 0. The van der Waals surface area contributed by atoms with E-state index in [4.69, 9.17) is 5.73 Å². The number of nitrogens with two attached hydrogens (primary N) is 1. The molecule has 3 amide bonds. The lowest BCUT2D eigenvalue weighted by Gasteiger charge is -2.17. The Morgan fingerprint density at radius 1 is 0.920 bits per heavy atom. The molecular weight excluding hydrogens is 314 g/mol. The predicted octanol–water partition coefficient (Wildman–Crippen LogP) is 3.82. The van der Waals surface area contributed by atoms with Gasteiger partial charge in [-0.05, 0) is 47.5 Å². The number of carbonyl (C=O) groups excluding carboxylic acids is 2. The van der Waals surface area contributed by atoms with Gasteiger partial charge < -0.3 is 16.4 Å². The van der Waals surface area contributed by atoms with Crippen molar-refractivity contribution < 1.29 is 9.59 Å². The second-order valence-corrected chi connectivity index (χ2v) is 5.83. The number of amides is 3. The van der Waals surface area contributed by atoms with Crippen molar-refractivity contribution in [1.82, 2.24) is 5.32 Å². The number of fused-ring (bicyclic) bond motifs is 1. The third kappa shape index (κ3) is 3.77. The van der Waals surface area contributed by atoms with Crippen molar-refractivity contribution in [2.75, 3.05) is 5.32 Å². The average molecular weight is 333 g/mol. The van der Waals surface area contributed by atoms with E-state index in [0.29, 0.717) is 11.3 Å². The third-order valence-corrected chi connectivity index (χ3v) is 4.05. The molecule has 3 rings (SSSR count). The highest BCUT2D eigenvalue weighted by molar-refractivity contribution is 5.96. The Labute approximate surface area is 145 Å². The molecule has 0 radical (unpaired) electrons. The van der Waals surface area contributed by atoms with Crippen LogP contribution >= 0.6 is 0 Å². The molecule has 4 N–H and O–H groups in total. The summed E-state index contributed by atoms with van der Waals surface area (Å²) >= 11 is 0. The molecule has 126 valence electrons. The molecule has 0 saturated carbocycles. The maximum Gasteiger partial charge on any atom is 0.316 e. The van der Waals surface area contributed by atoms with E-state index in [1.54, 1.807) is 24.3 Å². The summed E-state index contributed by atoms with van der Waals surface area (Å²) in [6.45, 7) is 1.96. The molecule has 0 aliphatic rings. The van der Waals surface area contributed by atoms with Crippen molar-refractivity contribution in [3.05, 3.63) is 77.9 Å². The standard InChI is InChI=1S/C20H19N3O2/c1-13(17-8-4-6-14-5-2-3-7-18(14)17)22-19(24)15-9-11-16(12-10-15)23-20(21)25/h2-13H,1H3,(H,22,24)(H3,21,23,25). The summed E-state index contributed by atoms with van der Waals surface area (Å²) in [7, 11) is 0. The molecule has 1 atom stereocenters. The lowest BCUT2D eigenvalue weighted by molar-refractivity contribution is 0.0940. The van der Waals surface area contributed by atoms with Gasteiger partial charge in [-0.1, -0.05) is 42.5 Å². The van der Waals surface area contributed by atoms with Crippen LogP contribution in [0.25, 0.3) is 10.8 Å². The molecule has 5 nitrogen and oxygen atoms in total. The van der Waals surface area contributed by atoms with Gasteiger partial charge in [0.25, 0.3) is 5.91 Å². The molecule has 3 aromatic rings. The van der Waals surface area contributed by atoms with Crippen molar-refractivity contribution in [3.8, 4) is 0 Å². The normalized spacial score (nSPS) is 11.7. The van der Waals surface area contributed by atoms with Crippen LogP contribution in [0, 0.1) is 0 Å². The fourth-order valence-corrected chi connectivity index (χ4v) is 2.83. The van der Waals surface area contributed by atoms with Crippen molar-refractivity contribution in [3.63, 3.8) is 0 Å². The van der Waals surface area contributed by atoms with Gasteiger partial charge in [-0.2, -0.15) is 0 Å². The Balaban J connectivity index is 1.77.